The van der Waals surface area contributed by atoms with E-state index < -0.39 is 17.1 Å². The van der Waals surface area contributed by atoms with Crippen LogP contribution in [0.25, 0.3) is 0 Å². The molecule has 0 amide bonds. The summed E-state index contributed by atoms with van der Waals surface area (Å²) in [5.74, 6) is 0.552. The zero-order valence-electron chi connectivity index (χ0n) is 12.6. The molecule has 0 rings (SSSR count). The van der Waals surface area contributed by atoms with E-state index in [4.69, 9.17) is 13.0 Å². The molecule has 0 saturated carbocycles. The molecule has 0 fully saturated rings. The van der Waals surface area contributed by atoms with Gasteiger partial charge in [0.2, 0.25) is 0 Å². The number of hydrogen-bond donors (Lipinski definition) is 0. The molecule has 5 heteroatoms. The average molecular weight is 279 g/mol. The standard InChI is InChI=1S/C12H30O3Si2/c1-8-9-10-13-16(4,5)15-17(6,7)14-11-12(2)3/h12H,8-11H2,1-7H3. The molecule has 0 bridgehead atoms. The van der Waals surface area contributed by atoms with E-state index in [0.29, 0.717) is 5.92 Å². The number of unbranched alkanes of at least 4 members (excludes halogenated alkanes) is 1. The van der Waals surface area contributed by atoms with Gasteiger partial charge in [0.15, 0.2) is 0 Å². The van der Waals surface area contributed by atoms with Crippen LogP contribution in [0.2, 0.25) is 26.2 Å². The molecule has 0 aromatic heterocycles. The zero-order chi connectivity index (χ0) is 13.5. The molecule has 17 heavy (non-hydrogen) atoms. The van der Waals surface area contributed by atoms with Crippen LogP contribution in [0, 0.1) is 5.92 Å². The first-order valence-electron chi connectivity index (χ1n) is 6.66. The largest absolute Gasteiger partial charge is 0.415 e. The lowest BCUT2D eigenvalue weighted by molar-refractivity contribution is 0.179. The Morgan fingerprint density at radius 2 is 1.47 bits per heavy atom. The molecule has 104 valence electrons. The highest BCUT2D eigenvalue weighted by Crippen LogP contribution is 2.18. The third kappa shape index (κ3) is 9.97. The lowest BCUT2D eigenvalue weighted by Crippen LogP contribution is -2.49. The Morgan fingerprint density at radius 1 is 0.941 bits per heavy atom. The first kappa shape index (κ1) is 17.3. The molecule has 0 radical (unpaired) electrons. The highest BCUT2D eigenvalue weighted by molar-refractivity contribution is 6.78. The molecule has 0 aromatic rings. The lowest BCUT2D eigenvalue weighted by atomic mass is 10.2. The Bertz CT molecular complexity index is 206. The van der Waals surface area contributed by atoms with Gasteiger partial charge in [0.25, 0.3) is 0 Å². The molecular formula is C12H30O3Si2. The maximum Gasteiger partial charge on any atom is 0.322 e. The van der Waals surface area contributed by atoms with E-state index in [1.165, 1.54) is 0 Å². The quantitative estimate of drug-likeness (QED) is 0.473. The van der Waals surface area contributed by atoms with Gasteiger partial charge in [-0.05, 0) is 38.5 Å². The molecular weight excluding hydrogens is 248 g/mol. The van der Waals surface area contributed by atoms with Gasteiger partial charge in [-0.1, -0.05) is 27.2 Å². The first-order valence-corrected chi connectivity index (χ1v) is 12.3. The van der Waals surface area contributed by atoms with Crippen LogP contribution in [0.3, 0.4) is 0 Å². The number of hydrogen-bond acceptors (Lipinski definition) is 3. The van der Waals surface area contributed by atoms with Crippen molar-refractivity contribution in [3.8, 4) is 0 Å². The topological polar surface area (TPSA) is 27.7 Å². The van der Waals surface area contributed by atoms with Crippen molar-refractivity contribution in [3.63, 3.8) is 0 Å². The first-order chi connectivity index (χ1) is 7.68. The zero-order valence-corrected chi connectivity index (χ0v) is 14.6. The Morgan fingerprint density at radius 3 is 1.94 bits per heavy atom. The van der Waals surface area contributed by atoms with Gasteiger partial charge in [-0.2, -0.15) is 0 Å². The summed E-state index contributed by atoms with van der Waals surface area (Å²) in [6.07, 6.45) is 2.27. The van der Waals surface area contributed by atoms with Gasteiger partial charge in [-0.25, -0.2) is 0 Å². The smallest absolute Gasteiger partial charge is 0.322 e. The minimum Gasteiger partial charge on any atom is -0.415 e. The van der Waals surface area contributed by atoms with Crippen LogP contribution in [-0.2, 0) is 13.0 Å². The fourth-order valence-corrected chi connectivity index (χ4v) is 8.06. The van der Waals surface area contributed by atoms with Crippen LogP contribution in [0.5, 0.6) is 0 Å². The molecule has 0 aliphatic rings. The molecule has 0 heterocycles. The SMILES string of the molecule is CCCCO[Si](C)(C)O[Si](C)(C)OCC(C)C. The fraction of sp³-hybridized carbons (Fsp3) is 1.00. The normalized spacial score (nSPS) is 13.4. The van der Waals surface area contributed by atoms with Crippen molar-refractivity contribution >= 4 is 17.1 Å². The summed E-state index contributed by atoms with van der Waals surface area (Å²) in [7, 11) is -4.04. The van der Waals surface area contributed by atoms with E-state index in [9.17, 15) is 0 Å². The molecule has 0 unspecified atom stereocenters. The van der Waals surface area contributed by atoms with E-state index >= 15 is 0 Å². The second-order valence-electron chi connectivity index (χ2n) is 5.81. The van der Waals surface area contributed by atoms with Gasteiger partial charge in [0.05, 0.1) is 0 Å². The van der Waals surface area contributed by atoms with Crippen molar-refractivity contribution in [2.45, 2.75) is 59.8 Å². The summed E-state index contributed by atoms with van der Waals surface area (Å²) < 4.78 is 17.9. The predicted molar refractivity (Wildman–Crippen MR) is 77.7 cm³/mol. The molecule has 3 nitrogen and oxygen atoms in total. The monoisotopic (exact) mass is 278 g/mol. The second kappa shape index (κ2) is 7.68. The predicted octanol–water partition coefficient (Wildman–Crippen LogP) is 3.90. The summed E-state index contributed by atoms with van der Waals surface area (Å²) in [6, 6.07) is 0. The fourth-order valence-electron chi connectivity index (χ4n) is 1.48. The third-order valence-corrected chi connectivity index (χ3v) is 7.90. The molecule has 0 aromatic carbocycles. The summed E-state index contributed by atoms with van der Waals surface area (Å²) in [6.45, 7) is 16.5. The van der Waals surface area contributed by atoms with Gasteiger partial charge >= 0.3 is 17.1 Å². The summed E-state index contributed by atoms with van der Waals surface area (Å²) >= 11 is 0. The van der Waals surface area contributed by atoms with E-state index in [0.717, 1.165) is 26.1 Å². The molecule has 0 aliphatic heterocycles. The maximum atomic E-state index is 6.16. The highest BCUT2D eigenvalue weighted by Gasteiger charge is 2.36. The number of rotatable bonds is 9. The lowest BCUT2D eigenvalue weighted by Gasteiger charge is -2.33. The average Bonchev–Trinajstić information content (AvgIpc) is 2.13. The summed E-state index contributed by atoms with van der Waals surface area (Å²) in [5.41, 5.74) is 0. The van der Waals surface area contributed by atoms with Gasteiger partial charge in [0, 0.05) is 13.2 Å². The van der Waals surface area contributed by atoms with Crippen molar-refractivity contribution in [2.75, 3.05) is 13.2 Å². The third-order valence-electron chi connectivity index (χ3n) is 2.20. The van der Waals surface area contributed by atoms with Gasteiger partial charge in [0.1, 0.15) is 0 Å². The van der Waals surface area contributed by atoms with E-state index in [2.05, 4.69) is 47.0 Å². The molecule has 0 saturated heterocycles. The van der Waals surface area contributed by atoms with Crippen LogP contribution < -0.4 is 0 Å². The molecule has 0 N–H and O–H groups in total. The minimum absolute atomic E-state index is 0.552. The van der Waals surface area contributed by atoms with Crippen LogP contribution in [0.4, 0.5) is 0 Å². The van der Waals surface area contributed by atoms with Gasteiger partial charge in [-0.3, -0.25) is 0 Å². The van der Waals surface area contributed by atoms with Crippen molar-refractivity contribution in [2.24, 2.45) is 5.92 Å². The van der Waals surface area contributed by atoms with Gasteiger partial charge in [-0.15, -0.1) is 0 Å². The summed E-state index contributed by atoms with van der Waals surface area (Å²) in [5, 5.41) is 0. The van der Waals surface area contributed by atoms with Gasteiger partial charge < -0.3 is 13.0 Å². The molecule has 0 spiro atoms. The summed E-state index contributed by atoms with van der Waals surface area (Å²) in [4.78, 5) is 0. The Kier molecular flexibility index (Phi) is 7.83. The van der Waals surface area contributed by atoms with E-state index in [-0.39, 0.29) is 0 Å². The van der Waals surface area contributed by atoms with Crippen molar-refractivity contribution < 1.29 is 13.0 Å². The second-order valence-corrected chi connectivity index (χ2v) is 12.8. The van der Waals surface area contributed by atoms with Crippen molar-refractivity contribution in [3.05, 3.63) is 0 Å². The van der Waals surface area contributed by atoms with Crippen molar-refractivity contribution in [1.29, 1.82) is 0 Å². The minimum atomic E-state index is -2.02. The molecule has 0 aliphatic carbocycles. The van der Waals surface area contributed by atoms with E-state index in [1.54, 1.807) is 0 Å². The Balaban J connectivity index is 4.08. The van der Waals surface area contributed by atoms with Crippen LogP contribution in [0.15, 0.2) is 0 Å². The van der Waals surface area contributed by atoms with Crippen LogP contribution in [0.1, 0.15) is 33.6 Å². The van der Waals surface area contributed by atoms with Crippen molar-refractivity contribution in [1.82, 2.24) is 0 Å². The molecule has 0 atom stereocenters. The van der Waals surface area contributed by atoms with Crippen LogP contribution in [-0.4, -0.2) is 30.3 Å². The van der Waals surface area contributed by atoms with Crippen LogP contribution >= 0.6 is 0 Å². The Labute approximate surface area is 109 Å². The van der Waals surface area contributed by atoms with E-state index in [1.807, 2.05) is 0 Å². The maximum absolute atomic E-state index is 6.16. The Hall–Kier alpha value is 0.314. The highest BCUT2D eigenvalue weighted by atomic mass is 28.5.